The highest BCUT2D eigenvalue weighted by Gasteiger charge is 2.23. The SMILES string of the molecule is CCOC(=O)c1cnc(N2CCN(C(C=Cc3ccc(F)cc3)CO)CC2)nc1. The van der Waals surface area contributed by atoms with Crippen molar-refractivity contribution in [3.8, 4) is 0 Å². The van der Waals surface area contributed by atoms with Crippen molar-refractivity contribution in [1.82, 2.24) is 14.9 Å². The highest BCUT2D eigenvalue weighted by atomic mass is 19.1. The third kappa shape index (κ3) is 5.58. The van der Waals surface area contributed by atoms with Gasteiger partial charge in [-0.3, -0.25) is 4.90 Å². The second-order valence-electron chi connectivity index (χ2n) is 6.68. The van der Waals surface area contributed by atoms with Crippen LogP contribution in [0.1, 0.15) is 22.8 Å². The molecule has 0 amide bonds. The molecule has 1 aromatic carbocycles. The fraction of sp³-hybridized carbons (Fsp3) is 0.381. The molecule has 1 aliphatic rings. The van der Waals surface area contributed by atoms with Crippen LogP contribution in [0.15, 0.2) is 42.7 Å². The van der Waals surface area contributed by atoms with Crippen LogP contribution in [0.4, 0.5) is 10.3 Å². The second kappa shape index (κ2) is 10.1. The van der Waals surface area contributed by atoms with Gasteiger partial charge in [0.15, 0.2) is 0 Å². The monoisotopic (exact) mass is 400 g/mol. The molecule has 1 saturated heterocycles. The minimum absolute atomic E-state index is 0.00241. The Morgan fingerprint density at radius 1 is 1.21 bits per heavy atom. The molecule has 1 aliphatic heterocycles. The highest BCUT2D eigenvalue weighted by molar-refractivity contribution is 5.88. The van der Waals surface area contributed by atoms with E-state index in [0.717, 1.165) is 18.7 Å². The Morgan fingerprint density at radius 3 is 2.45 bits per heavy atom. The highest BCUT2D eigenvalue weighted by Crippen LogP contribution is 2.15. The van der Waals surface area contributed by atoms with E-state index in [-0.39, 0.29) is 18.5 Å². The van der Waals surface area contributed by atoms with E-state index in [1.54, 1.807) is 19.1 Å². The first-order chi connectivity index (χ1) is 14.1. The molecule has 8 heteroatoms. The zero-order valence-corrected chi connectivity index (χ0v) is 16.4. The largest absolute Gasteiger partial charge is 0.462 e. The molecular formula is C21H25FN4O3. The van der Waals surface area contributed by atoms with E-state index in [4.69, 9.17) is 4.74 Å². The maximum absolute atomic E-state index is 13.0. The number of rotatable bonds is 7. The summed E-state index contributed by atoms with van der Waals surface area (Å²) < 4.78 is 17.9. The number of hydrogen-bond donors (Lipinski definition) is 1. The predicted molar refractivity (Wildman–Crippen MR) is 108 cm³/mol. The van der Waals surface area contributed by atoms with Crippen LogP contribution in [0.2, 0.25) is 0 Å². The first kappa shape index (κ1) is 20.9. The molecule has 1 aromatic heterocycles. The van der Waals surface area contributed by atoms with Crippen molar-refractivity contribution in [1.29, 1.82) is 0 Å². The number of benzene rings is 1. The normalized spacial score (nSPS) is 16.2. The quantitative estimate of drug-likeness (QED) is 0.712. The van der Waals surface area contributed by atoms with E-state index in [2.05, 4.69) is 14.9 Å². The number of esters is 1. The molecule has 3 rings (SSSR count). The molecule has 1 N–H and O–H groups in total. The number of piperazine rings is 1. The third-order valence-electron chi connectivity index (χ3n) is 4.78. The average molecular weight is 400 g/mol. The van der Waals surface area contributed by atoms with E-state index < -0.39 is 5.97 Å². The van der Waals surface area contributed by atoms with Crippen LogP contribution in [0.3, 0.4) is 0 Å². The van der Waals surface area contributed by atoms with Crippen LogP contribution in [-0.2, 0) is 4.74 Å². The lowest BCUT2D eigenvalue weighted by atomic mass is 10.1. The Bertz CT molecular complexity index is 819. The van der Waals surface area contributed by atoms with Gasteiger partial charge in [-0.15, -0.1) is 0 Å². The summed E-state index contributed by atoms with van der Waals surface area (Å²) in [5.74, 6) is -0.128. The van der Waals surface area contributed by atoms with Crippen molar-refractivity contribution in [2.75, 3.05) is 44.3 Å². The number of carbonyl (C=O) groups excluding carboxylic acids is 1. The average Bonchev–Trinajstić information content (AvgIpc) is 2.76. The van der Waals surface area contributed by atoms with Crippen LogP contribution < -0.4 is 4.90 Å². The van der Waals surface area contributed by atoms with E-state index in [1.165, 1.54) is 24.5 Å². The van der Waals surface area contributed by atoms with Crippen molar-refractivity contribution < 1.29 is 19.0 Å². The second-order valence-corrected chi connectivity index (χ2v) is 6.68. The number of hydrogen-bond acceptors (Lipinski definition) is 7. The number of ether oxygens (including phenoxy) is 1. The van der Waals surface area contributed by atoms with Gasteiger partial charge in [-0.2, -0.15) is 0 Å². The number of aliphatic hydroxyl groups is 1. The Labute approximate surface area is 169 Å². The van der Waals surface area contributed by atoms with Crippen LogP contribution in [-0.4, -0.2) is 71.4 Å². The van der Waals surface area contributed by atoms with Crippen molar-refractivity contribution in [2.45, 2.75) is 13.0 Å². The van der Waals surface area contributed by atoms with Crippen LogP contribution >= 0.6 is 0 Å². The molecule has 1 fully saturated rings. The van der Waals surface area contributed by atoms with Gasteiger partial charge < -0.3 is 14.7 Å². The van der Waals surface area contributed by atoms with E-state index >= 15 is 0 Å². The van der Waals surface area contributed by atoms with Gasteiger partial charge in [0.2, 0.25) is 5.95 Å². The maximum Gasteiger partial charge on any atom is 0.341 e. The van der Waals surface area contributed by atoms with E-state index in [9.17, 15) is 14.3 Å². The Hall–Kier alpha value is -2.84. The van der Waals surface area contributed by atoms with Gasteiger partial charge in [0.25, 0.3) is 0 Å². The molecule has 7 nitrogen and oxygen atoms in total. The number of carbonyl (C=O) groups is 1. The molecule has 0 bridgehead atoms. The molecule has 0 spiro atoms. The minimum Gasteiger partial charge on any atom is -0.462 e. The molecule has 0 saturated carbocycles. The fourth-order valence-corrected chi connectivity index (χ4v) is 3.15. The minimum atomic E-state index is -0.428. The smallest absolute Gasteiger partial charge is 0.341 e. The Balaban J connectivity index is 1.56. The molecule has 1 unspecified atom stereocenters. The third-order valence-corrected chi connectivity index (χ3v) is 4.78. The molecular weight excluding hydrogens is 375 g/mol. The van der Waals surface area contributed by atoms with Crippen molar-refractivity contribution in [3.05, 3.63) is 59.7 Å². The number of anilines is 1. The van der Waals surface area contributed by atoms with Crippen molar-refractivity contribution >= 4 is 18.0 Å². The van der Waals surface area contributed by atoms with Crippen molar-refractivity contribution in [3.63, 3.8) is 0 Å². The van der Waals surface area contributed by atoms with Gasteiger partial charge in [0.1, 0.15) is 5.82 Å². The van der Waals surface area contributed by atoms with Crippen molar-refractivity contribution in [2.24, 2.45) is 0 Å². The number of aliphatic hydroxyl groups excluding tert-OH is 1. The fourth-order valence-electron chi connectivity index (χ4n) is 3.15. The number of halogens is 1. The van der Waals surface area contributed by atoms with Gasteiger partial charge >= 0.3 is 5.97 Å². The summed E-state index contributed by atoms with van der Waals surface area (Å²) >= 11 is 0. The Kier molecular flexibility index (Phi) is 7.26. The molecule has 0 radical (unpaired) electrons. The zero-order chi connectivity index (χ0) is 20.6. The summed E-state index contributed by atoms with van der Waals surface area (Å²) in [6.45, 7) is 4.96. The standard InChI is InChI=1S/C21H25FN4O3/c1-2-29-20(28)17-13-23-21(24-14-17)26-11-9-25(10-12-26)19(15-27)8-5-16-3-6-18(22)7-4-16/h3-8,13-14,19,27H,2,9-12,15H2,1H3. The molecule has 0 aliphatic carbocycles. The van der Waals surface area contributed by atoms with E-state index in [1.807, 2.05) is 17.1 Å². The summed E-state index contributed by atoms with van der Waals surface area (Å²) in [4.78, 5) is 24.5. The number of nitrogens with zero attached hydrogens (tertiary/aromatic N) is 4. The van der Waals surface area contributed by atoms with Crippen LogP contribution in [0, 0.1) is 5.82 Å². The molecule has 2 heterocycles. The van der Waals surface area contributed by atoms with Crippen LogP contribution in [0.25, 0.3) is 6.08 Å². The Morgan fingerprint density at radius 2 is 1.86 bits per heavy atom. The van der Waals surface area contributed by atoms with Gasteiger partial charge in [-0.1, -0.05) is 24.3 Å². The predicted octanol–water partition coefficient (Wildman–Crippen LogP) is 1.99. The molecule has 1 atom stereocenters. The summed E-state index contributed by atoms with van der Waals surface area (Å²) in [5.41, 5.74) is 1.22. The topological polar surface area (TPSA) is 78.8 Å². The summed E-state index contributed by atoms with van der Waals surface area (Å²) in [6.07, 6.45) is 6.79. The summed E-state index contributed by atoms with van der Waals surface area (Å²) in [7, 11) is 0. The lowest BCUT2D eigenvalue weighted by molar-refractivity contribution is 0.0525. The lowest BCUT2D eigenvalue weighted by Crippen LogP contribution is -2.51. The summed E-state index contributed by atoms with van der Waals surface area (Å²) in [5, 5.41) is 9.77. The van der Waals surface area contributed by atoms with Gasteiger partial charge in [-0.25, -0.2) is 19.2 Å². The van der Waals surface area contributed by atoms with Gasteiger partial charge in [0, 0.05) is 38.6 Å². The maximum atomic E-state index is 13.0. The van der Waals surface area contributed by atoms with Gasteiger partial charge in [-0.05, 0) is 24.6 Å². The van der Waals surface area contributed by atoms with Crippen LogP contribution in [0.5, 0.6) is 0 Å². The lowest BCUT2D eigenvalue weighted by Gasteiger charge is -2.37. The zero-order valence-electron chi connectivity index (χ0n) is 16.4. The molecule has 154 valence electrons. The first-order valence-corrected chi connectivity index (χ1v) is 9.63. The number of aromatic nitrogens is 2. The summed E-state index contributed by atoms with van der Waals surface area (Å²) in [6, 6.07) is 6.12. The first-order valence-electron chi connectivity index (χ1n) is 9.63. The molecule has 29 heavy (non-hydrogen) atoms. The molecule has 2 aromatic rings. The van der Waals surface area contributed by atoms with E-state index in [0.29, 0.717) is 31.2 Å². The van der Waals surface area contributed by atoms with Gasteiger partial charge in [0.05, 0.1) is 24.8 Å².